The van der Waals surface area contributed by atoms with E-state index in [1.165, 1.54) is 0 Å². The minimum absolute atomic E-state index is 0.140. The topological polar surface area (TPSA) is 95.9 Å². The van der Waals surface area contributed by atoms with Gasteiger partial charge in [-0.1, -0.05) is 30.3 Å². The van der Waals surface area contributed by atoms with E-state index in [4.69, 9.17) is 20.6 Å². The Hall–Kier alpha value is -0.550. The molecule has 1 aromatic rings. The predicted octanol–water partition coefficient (Wildman–Crippen LogP) is 0.310. The maximum atomic E-state index is 8.54. The largest absolute Gasteiger partial charge is 0.392 e. The van der Waals surface area contributed by atoms with Gasteiger partial charge >= 0.3 is 8.60 Å². The van der Waals surface area contributed by atoms with E-state index in [1.54, 1.807) is 0 Å². The molecule has 1 rings (SSSR count). The van der Waals surface area contributed by atoms with Crippen molar-refractivity contribution in [1.29, 1.82) is 0 Å². The number of aliphatic hydroxyl groups is 1. The van der Waals surface area contributed by atoms with Crippen molar-refractivity contribution >= 4 is 8.60 Å². The van der Waals surface area contributed by atoms with Crippen LogP contribution in [0.1, 0.15) is 5.56 Å². The van der Waals surface area contributed by atoms with Gasteiger partial charge < -0.3 is 20.6 Å². The Morgan fingerprint density at radius 3 is 2.00 bits per heavy atom. The molecule has 1 aromatic carbocycles. The second kappa shape index (κ2) is 9.02. The van der Waals surface area contributed by atoms with Crippen molar-refractivity contribution in [1.82, 2.24) is 0 Å². The fourth-order valence-corrected chi connectivity index (χ4v) is 0.783. The highest BCUT2D eigenvalue weighted by Gasteiger charge is 1.91. The minimum atomic E-state index is -2.23. The fourth-order valence-electron chi connectivity index (χ4n) is 0.650. The SMILES string of the molecule is NCOP(O)O.OCc1ccccc1. The van der Waals surface area contributed by atoms with Gasteiger partial charge in [0.05, 0.1) is 6.61 Å². The summed E-state index contributed by atoms with van der Waals surface area (Å²) in [6.07, 6.45) is 0. The normalized spacial score (nSPS) is 9.50. The van der Waals surface area contributed by atoms with Gasteiger partial charge in [-0.25, -0.2) is 0 Å². The van der Waals surface area contributed by atoms with Crippen molar-refractivity contribution in [3.63, 3.8) is 0 Å². The quantitative estimate of drug-likeness (QED) is 0.433. The summed E-state index contributed by atoms with van der Waals surface area (Å²) < 4.78 is 4.00. The van der Waals surface area contributed by atoms with Crippen LogP contribution in [-0.4, -0.2) is 21.6 Å². The van der Waals surface area contributed by atoms with Crippen molar-refractivity contribution in [2.75, 3.05) is 6.73 Å². The van der Waals surface area contributed by atoms with Crippen molar-refractivity contribution in [2.45, 2.75) is 6.61 Å². The summed E-state index contributed by atoms with van der Waals surface area (Å²) in [5.41, 5.74) is 5.67. The molecular formula is C8H14NO4P. The average Bonchev–Trinajstić information content (AvgIpc) is 2.20. The molecule has 0 unspecified atom stereocenters. The zero-order valence-electron chi connectivity index (χ0n) is 7.58. The molecule has 0 saturated heterocycles. The molecule has 5 N–H and O–H groups in total. The highest BCUT2D eigenvalue weighted by molar-refractivity contribution is 7.39. The van der Waals surface area contributed by atoms with Gasteiger partial charge in [-0.2, -0.15) is 0 Å². The van der Waals surface area contributed by atoms with Gasteiger partial charge in [-0.3, -0.25) is 4.52 Å². The Morgan fingerprint density at radius 2 is 1.79 bits per heavy atom. The van der Waals surface area contributed by atoms with Gasteiger partial charge in [0.15, 0.2) is 0 Å². The first-order valence-electron chi connectivity index (χ1n) is 3.86. The number of hydrogen-bond acceptors (Lipinski definition) is 5. The van der Waals surface area contributed by atoms with Crippen molar-refractivity contribution in [2.24, 2.45) is 5.73 Å². The molecule has 0 spiro atoms. The van der Waals surface area contributed by atoms with Crippen LogP contribution >= 0.6 is 8.60 Å². The third-order valence-corrected chi connectivity index (χ3v) is 1.60. The van der Waals surface area contributed by atoms with E-state index < -0.39 is 8.60 Å². The van der Waals surface area contributed by atoms with Crippen LogP contribution in [0.25, 0.3) is 0 Å². The molecule has 0 bridgehead atoms. The lowest BCUT2D eigenvalue weighted by atomic mass is 10.2. The van der Waals surface area contributed by atoms with E-state index in [1.807, 2.05) is 30.3 Å². The highest BCUT2D eigenvalue weighted by Crippen LogP contribution is 2.22. The molecule has 0 amide bonds. The summed E-state index contributed by atoms with van der Waals surface area (Å²) in [5.74, 6) is 0. The molecule has 0 fully saturated rings. The van der Waals surface area contributed by atoms with E-state index in [0.717, 1.165) is 5.56 Å². The predicted molar refractivity (Wildman–Crippen MR) is 53.9 cm³/mol. The van der Waals surface area contributed by atoms with Crippen LogP contribution in [0.4, 0.5) is 0 Å². The van der Waals surface area contributed by atoms with E-state index in [-0.39, 0.29) is 13.3 Å². The number of benzene rings is 1. The molecule has 0 atom stereocenters. The van der Waals surface area contributed by atoms with Gasteiger partial charge in [-0.05, 0) is 5.56 Å². The summed E-state index contributed by atoms with van der Waals surface area (Å²) in [5, 5.41) is 8.54. The van der Waals surface area contributed by atoms with E-state index >= 15 is 0 Å². The number of rotatable bonds is 3. The molecule has 0 saturated carbocycles. The zero-order chi connectivity index (χ0) is 10.8. The summed E-state index contributed by atoms with van der Waals surface area (Å²) >= 11 is 0. The third-order valence-electron chi connectivity index (χ3n) is 1.22. The first-order chi connectivity index (χ1) is 6.70. The zero-order valence-corrected chi connectivity index (χ0v) is 8.47. The molecule has 6 heteroatoms. The van der Waals surface area contributed by atoms with Crippen molar-refractivity contribution in [3.8, 4) is 0 Å². The number of aliphatic hydroxyl groups excluding tert-OH is 1. The van der Waals surface area contributed by atoms with Gasteiger partial charge in [0.2, 0.25) is 0 Å². The smallest absolute Gasteiger partial charge is 0.328 e. The molecule has 0 radical (unpaired) electrons. The van der Waals surface area contributed by atoms with Gasteiger partial charge in [-0.15, -0.1) is 0 Å². The van der Waals surface area contributed by atoms with Crippen LogP contribution in [0.5, 0.6) is 0 Å². The number of nitrogens with two attached hydrogens (primary N) is 1. The van der Waals surface area contributed by atoms with Crippen LogP contribution < -0.4 is 5.73 Å². The van der Waals surface area contributed by atoms with Crippen LogP contribution in [0, 0.1) is 0 Å². The van der Waals surface area contributed by atoms with Crippen LogP contribution in [0.15, 0.2) is 30.3 Å². The molecule has 80 valence electrons. The van der Waals surface area contributed by atoms with Gasteiger partial charge in [0.25, 0.3) is 0 Å². The lowest BCUT2D eigenvalue weighted by molar-refractivity contribution is 0.262. The molecule has 0 aliphatic heterocycles. The fraction of sp³-hybridized carbons (Fsp3) is 0.250. The second-order valence-electron chi connectivity index (χ2n) is 2.19. The lowest BCUT2D eigenvalue weighted by Crippen LogP contribution is -1.99. The molecule has 0 aliphatic carbocycles. The summed E-state index contributed by atoms with van der Waals surface area (Å²) in [4.78, 5) is 15.7. The molecule has 5 nitrogen and oxygen atoms in total. The average molecular weight is 219 g/mol. The first kappa shape index (κ1) is 13.4. The van der Waals surface area contributed by atoms with E-state index in [0.29, 0.717) is 0 Å². The van der Waals surface area contributed by atoms with E-state index in [2.05, 4.69) is 4.52 Å². The summed E-state index contributed by atoms with van der Waals surface area (Å²) in [7, 11) is -2.23. The van der Waals surface area contributed by atoms with Crippen LogP contribution in [0.3, 0.4) is 0 Å². The molecule has 0 aromatic heterocycles. The van der Waals surface area contributed by atoms with E-state index in [9.17, 15) is 0 Å². The molecule has 0 heterocycles. The minimum Gasteiger partial charge on any atom is -0.392 e. The maximum Gasteiger partial charge on any atom is 0.328 e. The van der Waals surface area contributed by atoms with Crippen molar-refractivity contribution < 1.29 is 19.4 Å². The first-order valence-corrected chi connectivity index (χ1v) is 5.03. The molecular weight excluding hydrogens is 205 g/mol. The summed E-state index contributed by atoms with van der Waals surface area (Å²) in [6.45, 7) is -0.000453. The maximum absolute atomic E-state index is 8.54. The summed E-state index contributed by atoms with van der Waals surface area (Å²) in [6, 6.07) is 9.52. The standard InChI is InChI=1S/C7H8O.CH6NO3P/c8-6-7-4-2-1-3-5-7;2-1-5-6(3)4/h1-5,8H,6H2;3-4H,1-2H2. The Balaban J connectivity index is 0.000000255. The Kier molecular flexibility index (Phi) is 8.67. The van der Waals surface area contributed by atoms with Crippen LogP contribution in [0.2, 0.25) is 0 Å². The van der Waals surface area contributed by atoms with Gasteiger partial charge in [0, 0.05) is 0 Å². The van der Waals surface area contributed by atoms with Crippen molar-refractivity contribution in [3.05, 3.63) is 35.9 Å². The Labute approximate surface area is 83.8 Å². The number of hydrogen-bond donors (Lipinski definition) is 4. The Bertz CT molecular complexity index is 220. The second-order valence-corrected chi connectivity index (χ2v) is 2.96. The van der Waals surface area contributed by atoms with Gasteiger partial charge in [0.1, 0.15) is 6.73 Å². The lowest BCUT2D eigenvalue weighted by Gasteiger charge is -1.95. The van der Waals surface area contributed by atoms with Crippen LogP contribution in [-0.2, 0) is 11.1 Å². The Morgan fingerprint density at radius 1 is 1.21 bits per heavy atom. The third kappa shape index (κ3) is 8.07. The highest BCUT2D eigenvalue weighted by atomic mass is 31.2. The monoisotopic (exact) mass is 219 g/mol. The molecule has 0 aliphatic rings. The molecule has 14 heavy (non-hydrogen) atoms.